The van der Waals surface area contributed by atoms with Gasteiger partial charge in [-0.25, -0.2) is 4.98 Å². The first-order valence-electron chi connectivity index (χ1n) is 10.4. The molecule has 156 valence electrons. The molecule has 1 aliphatic heterocycles. The van der Waals surface area contributed by atoms with E-state index in [4.69, 9.17) is 9.72 Å². The molecule has 3 aromatic carbocycles. The molecule has 0 radical (unpaired) electrons. The van der Waals surface area contributed by atoms with Crippen molar-refractivity contribution in [3.05, 3.63) is 89.2 Å². The number of hydrogen-bond donors (Lipinski definition) is 0. The smallest absolute Gasteiger partial charge is 0.227 e. The number of benzene rings is 3. The van der Waals surface area contributed by atoms with E-state index in [9.17, 15) is 4.79 Å². The summed E-state index contributed by atoms with van der Waals surface area (Å²) in [7, 11) is 0. The van der Waals surface area contributed by atoms with Crippen LogP contribution in [0.5, 0.6) is 5.75 Å². The van der Waals surface area contributed by atoms with E-state index in [0.29, 0.717) is 26.1 Å². The van der Waals surface area contributed by atoms with Crippen molar-refractivity contribution in [3.8, 4) is 5.75 Å². The minimum absolute atomic E-state index is 0.0312. The molecule has 1 aromatic heterocycles. The fraction of sp³-hybridized carbons (Fsp3) is 0.200. The molecule has 5 rings (SSSR count). The molecule has 0 N–H and O–H groups in total. The number of para-hydroxylation sites is 4. The van der Waals surface area contributed by atoms with Gasteiger partial charge in [0.25, 0.3) is 0 Å². The highest BCUT2D eigenvalue weighted by molar-refractivity contribution is 9.10. The quantitative estimate of drug-likeness (QED) is 0.375. The zero-order chi connectivity index (χ0) is 21.2. The van der Waals surface area contributed by atoms with Crippen LogP contribution in [0.25, 0.3) is 11.0 Å². The maximum atomic E-state index is 12.9. The van der Waals surface area contributed by atoms with E-state index in [2.05, 4.69) is 26.6 Å². The highest BCUT2D eigenvalue weighted by Gasteiger charge is 2.35. The lowest BCUT2D eigenvalue weighted by Gasteiger charge is -2.19. The van der Waals surface area contributed by atoms with Crippen molar-refractivity contribution in [3.63, 3.8) is 0 Å². The summed E-state index contributed by atoms with van der Waals surface area (Å²) >= 11 is 3.58. The summed E-state index contributed by atoms with van der Waals surface area (Å²) in [4.78, 5) is 19.7. The summed E-state index contributed by atoms with van der Waals surface area (Å²) in [6.45, 7) is 1.82. The standard InChI is InChI=1S/C25H22BrN3O2/c26-20-10-4-6-12-22(20)29-17-18(16-24(29)30)25-27-21-11-5-7-13-23(21)28(25)14-15-31-19-8-2-1-3-9-19/h1-13,18H,14-17H2. The summed E-state index contributed by atoms with van der Waals surface area (Å²) in [5, 5.41) is 0. The Balaban J connectivity index is 1.42. The number of rotatable bonds is 6. The van der Waals surface area contributed by atoms with Crippen molar-refractivity contribution >= 4 is 38.6 Å². The number of aromatic nitrogens is 2. The van der Waals surface area contributed by atoms with Crippen LogP contribution in [0, 0.1) is 0 Å². The third-order valence-electron chi connectivity index (χ3n) is 5.64. The SMILES string of the molecule is O=C1CC(c2nc3ccccc3n2CCOc2ccccc2)CN1c1ccccc1Br. The third kappa shape index (κ3) is 3.95. The second kappa shape index (κ2) is 8.55. The number of fused-ring (bicyclic) bond motifs is 1. The fourth-order valence-corrected chi connectivity index (χ4v) is 4.70. The zero-order valence-electron chi connectivity index (χ0n) is 16.9. The van der Waals surface area contributed by atoms with Crippen LogP contribution in [0.2, 0.25) is 0 Å². The van der Waals surface area contributed by atoms with Crippen LogP contribution in [-0.2, 0) is 11.3 Å². The lowest BCUT2D eigenvalue weighted by molar-refractivity contribution is -0.117. The minimum Gasteiger partial charge on any atom is -0.492 e. The second-order valence-corrected chi connectivity index (χ2v) is 8.48. The average Bonchev–Trinajstić information content (AvgIpc) is 3.35. The highest BCUT2D eigenvalue weighted by atomic mass is 79.9. The second-order valence-electron chi connectivity index (χ2n) is 7.63. The zero-order valence-corrected chi connectivity index (χ0v) is 18.5. The van der Waals surface area contributed by atoms with Gasteiger partial charge in [0.05, 0.1) is 23.3 Å². The Bertz CT molecular complexity index is 1220. The number of halogens is 1. The largest absolute Gasteiger partial charge is 0.492 e. The molecule has 4 aromatic rings. The number of ether oxygens (including phenoxy) is 1. The fourth-order valence-electron chi connectivity index (χ4n) is 4.20. The van der Waals surface area contributed by atoms with Gasteiger partial charge < -0.3 is 14.2 Å². The monoisotopic (exact) mass is 475 g/mol. The van der Waals surface area contributed by atoms with Crippen LogP contribution in [0.1, 0.15) is 18.2 Å². The molecule has 5 nitrogen and oxygen atoms in total. The van der Waals surface area contributed by atoms with Gasteiger partial charge in [0.2, 0.25) is 5.91 Å². The maximum Gasteiger partial charge on any atom is 0.227 e. The van der Waals surface area contributed by atoms with E-state index in [0.717, 1.165) is 32.8 Å². The third-order valence-corrected chi connectivity index (χ3v) is 6.31. The van der Waals surface area contributed by atoms with Gasteiger partial charge in [-0.15, -0.1) is 0 Å². The van der Waals surface area contributed by atoms with Crippen LogP contribution in [-0.4, -0.2) is 28.6 Å². The molecule has 1 saturated heterocycles. The molecule has 1 fully saturated rings. The van der Waals surface area contributed by atoms with Crippen molar-refractivity contribution in [2.75, 3.05) is 18.1 Å². The van der Waals surface area contributed by atoms with Gasteiger partial charge in [-0.05, 0) is 52.3 Å². The van der Waals surface area contributed by atoms with Crippen LogP contribution >= 0.6 is 15.9 Å². The number of carbonyl (C=O) groups is 1. The molecule has 6 heteroatoms. The van der Waals surface area contributed by atoms with Crippen molar-refractivity contribution in [2.45, 2.75) is 18.9 Å². The Morgan fingerprint density at radius 2 is 1.71 bits per heavy atom. The molecule has 1 amide bonds. The molecule has 0 saturated carbocycles. The molecule has 1 aliphatic rings. The van der Waals surface area contributed by atoms with Gasteiger partial charge in [0.15, 0.2) is 0 Å². The van der Waals surface area contributed by atoms with Crippen LogP contribution in [0.15, 0.2) is 83.3 Å². The van der Waals surface area contributed by atoms with E-state index in [1.54, 1.807) is 0 Å². The van der Waals surface area contributed by atoms with Crippen LogP contribution < -0.4 is 9.64 Å². The lowest BCUT2D eigenvalue weighted by atomic mass is 10.1. The summed E-state index contributed by atoms with van der Waals surface area (Å²) < 4.78 is 9.07. The molecular formula is C25H22BrN3O2. The first kappa shape index (κ1) is 19.8. The lowest BCUT2D eigenvalue weighted by Crippen LogP contribution is -2.25. The van der Waals surface area contributed by atoms with Gasteiger partial charge in [0.1, 0.15) is 18.2 Å². The van der Waals surface area contributed by atoms with Crippen molar-refractivity contribution in [2.24, 2.45) is 0 Å². The molecule has 1 unspecified atom stereocenters. The molecular weight excluding hydrogens is 454 g/mol. The number of imidazole rings is 1. The molecule has 31 heavy (non-hydrogen) atoms. The normalized spacial score (nSPS) is 16.2. The van der Waals surface area contributed by atoms with E-state index in [1.807, 2.05) is 77.7 Å². The van der Waals surface area contributed by atoms with Gasteiger partial charge in [-0.3, -0.25) is 4.79 Å². The molecule has 2 heterocycles. The Morgan fingerprint density at radius 1 is 0.968 bits per heavy atom. The number of hydrogen-bond acceptors (Lipinski definition) is 3. The van der Waals surface area contributed by atoms with Gasteiger partial charge in [-0.2, -0.15) is 0 Å². The molecule has 0 aliphatic carbocycles. The van der Waals surface area contributed by atoms with Crippen molar-refractivity contribution in [1.82, 2.24) is 9.55 Å². The first-order chi connectivity index (χ1) is 15.2. The van der Waals surface area contributed by atoms with E-state index in [1.165, 1.54) is 0 Å². The topological polar surface area (TPSA) is 47.4 Å². The predicted octanol–water partition coefficient (Wildman–Crippen LogP) is 5.40. The highest BCUT2D eigenvalue weighted by Crippen LogP contribution is 2.36. The summed E-state index contributed by atoms with van der Waals surface area (Å²) in [6, 6.07) is 25.8. The van der Waals surface area contributed by atoms with E-state index >= 15 is 0 Å². The Labute approximate surface area is 189 Å². The Hall–Kier alpha value is -3.12. The van der Waals surface area contributed by atoms with Gasteiger partial charge in [-0.1, -0.05) is 42.5 Å². The van der Waals surface area contributed by atoms with E-state index < -0.39 is 0 Å². The summed E-state index contributed by atoms with van der Waals surface area (Å²) in [5.41, 5.74) is 2.93. The minimum atomic E-state index is 0.0312. The number of anilines is 1. The number of amides is 1. The number of nitrogens with zero attached hydrogens (tertiary/aromatic N) is 3. The average molecular weight is 476 g/mol. The molecule has 0 bridgehead atoms. The number of carbonyl (C=O) groups excluding carboxylic acids is 1. The maximum absolute atomic E-state index is 12.9. The molecule has 0 spiro atoms. The van der Waals surface area contributed by atoms with Gasteiger partial charge >= 0.3 is 0 Å². The Kier molecular flexibility index (Phi) is 5.47. The Morgan fingerprint density at radius 3 is 2.55 bits per heavy atom. The molecule has 1 atom stereocenters. The predicted molar refractivity (Wildman–Crippen MR) is 126 cm³/mol. The summed E-state index contributed by atoms with van der Waals surface area (Å²) in [5.74, 6) is 1.95. The van der Waals surface area contributed by atoms with Crippen LogP contribution in [0.3, 0.4) is 0 Å². The van der Waals surface area contributed by atoms with Crippen LogP contribution in [0.4, 0.5) is 5.69 Å². The summed E-state index contributed by atoms with van der Waals surface area (Å²) in [6.07, 6.45) is 0.449. The van der Waals surface area contributed by atoms with Crippen molar-refractivity contribution in [1.29, 1.82) is 0 Å². The van der Waals surface area contributed by atoms with Gasteiger partial charge in [0, 0.05) is 23.4 Å². The van der Waals surface area contributed by atoms with Crippen molar-refractivity contribution < 1.29 is 9.53 Å². The van der Waals surface area contributed by atoms with E-state index in [-0.39, 0.29) is 11.8 Å². The first-order valence-corrected chi connectivity index (χ1v) is 11.2.